The van der Waals surface area contributed by atoms with E-state index in [2.05, 4.69) is 26.1 Å². The standard InChI is InChI=1S/C15H31N3O2S/c1-4-16-12-14-7-10-17(11-8-14)21(19,20)18-9-5-6-15(18)13(2)3/h13-16H,4-12H2,1-3H3. The van der Waals surface area contributed by atoms with Gasteiger partial charge in [-0.2, -0.15) is 17.0 Å². The van der Waals surface area contributed by atoms with Gasteiger partial charge in [-0.25, -0.2) is 0 Å². The Hall–Kier alpha value is -0.170. The molecule has 0 spiro atoms. The smallest absolute Gasteiger partial charge is 0.282 e. The van der Waals surface area contributed by atoms with Gasteiger partial charge in [0.05, 0.1) is 0 Å². The van der Waals surface area contributed by atoms with Crippen molar-refractivity contribution >= 4 is 10.2 Å². The van der Waals surface area contributed by atoms with Crippen LogP contribution in [0.25, 0.3) is 0 Å². The number of nitrogens with one attached hydrogen (secondary N) is 1. The molecule has 2 fully saturated rings. The molecule has 2 saturated heterocycles. The molecule has 5 nitrogen and oxygen atoms in total. The van der Waals surface area contributed by atoms with Crippen molar-refractivity contribution in [2.75, 3.05) is 32.7 Å². The highest BCUT2D eigenvalue weighted by Gasteiger charge is 2.40. The molecule has 21 heavy (non-hydrogen) atoms. The van der Waals surface area contributed by atoms with Gasteiger partial charge in [-0.15, -0.1) is 0 Å². The third-order valence-corrected chi connectivity index (χ3v) is 6.96. The molecule has 0 bridgehead atoms. The fraction of sp³-hybridized carbons (Fsp3) is 1.00. The first-order chi connectivity index (χ1) is 9.96. The van der Waals surface area contributed by atoms with E-state index in [0.717, 1.165) is 38.8 Å². The summed E-state index contributed by atoms with van der Waals surface area (Å²) in [4.78, 5) is 0. The highest BCUT2D eigenvalue weighted by Crippen LogP contribution is 2.30. The average Bonchev–Trinajstić information content (AvgIpc) is 2.96. The third kappa shape index (κ3) is 3.97. The lowest BCUT2D eigenvalue weighted by atomic mass is 9.98. The summed E-state index contributed by atoms with van der Waals surface area (Å²) in [5.41, 5.74) is 0. The summed E-state index contributed by atoms with van der Waals surface area (Å²) in [7, 11) is -3.25. The van der Waals surface area contributed by atoms with Crippen LogP contribution in [0.2, 0.25) is 0 Å². The zero-order valence-corrected chi connectivity index (χ0v) is 14.5. The molecule has 0 aromatic rings. The van der Waals surface area contributed by atoms with Gasteiger partial charge < -0.3 is 5.32 Å². The molecule has 2 rings (SSSR count). The highest BCUT2D eigenvalue weighted by molar-refractivity contribution is 7.86. The second kappa shape index (κ2) is 7.40. The minimum atomic E-state index is -3.25. The Kier molecular flexibility index (Phi) is 6.05. The van der Waals surface area contributed by atoms with Crippen molar-refractivity contribution in [1.82, 2.24) is 13.9 Å². The maximum atomic E-state index is 12.9. The van der Waals surface area contributed by atoms with Gasteiger partial charge in [0, 0.05) is 25.7 Å². The summed E-state index contributed by atoms with van der Waals surface area (Å²) in [6, 6.07) is 0.189. The Bertz CT molecular complexity index is 417. The zero-order valence-electron chi connectivity index (χ0n) is 13.7. The molecule has 0 aliphatic carbocycles. The molecule has 124 valence electrons. The van der Waals surface area contributed by atoms with Crippen molar-refractivity contribution in [3.05, 3.63) is 0 Å². The predicted molar refractivity (Wildman–Crippen MR) is 86.3 cm³/mol. The van der Waals surface area contributed by atoms with Crippen molar-refractivity contribution in [1.29, 1.82) is 0 Å². The van der Waals surface area contributed by atoms with Crippen LogP contribution in [0.3, 0.4) is 0 Å². The maximum Gasteiger partial charge on any atom is 0.282 e. The number of hydrogen-bond acceptors (Lipinski definition) is 3. The van der Waals surface area contributed by atoms with Crippen molar-refractivity contribution in [3.8, 4) is 0 Å². The maximum absolute atomic E-state index is 12.9. The molecular formula is C15H31N3O2S. The first-order valence-electron chi connectivity index (χ1n) is 8.44. The minimum Gasteiger partial charge on any atom is -0.317 e. The number of piperidine rings is 1. The molecule has 2 aliphatic heterocycles. The van der Waals surface area contributed by atoms with Crippen molar-refractivity contribution in [3.63, 3.8) is 0 Å². The number of nitrogens with zero attached hydrogens (tertiary/aromatic N) is 2. The van der Waals surface area contributed by atoms with Crippen LogP contribution in [0.1, 0.15) is 46.5 Å². The van der Waals surface area contributed by atoms with E-state index in [1.165, 1.54) is 0 Å². The van der Waals surface area contributed by atoms with E-state index in [4.69, 9.17) is 0 Å². The zero-order chi connectivity index (χ0) is 15.5. The van der Waals surface area contributed by atoms with Crippen LogP contribution in [0.15, 0.2) is 0 Å². The van der Waals surface area contributed by atoms with E-state index >= 15 is 0 Å². The van der Waals surface area contributed by atoms with Gasteiger partial charge in [-0.3, -0.25) is 0 Å². The van der Waals surface area contributed by atoms with E-state index in [9.17, 15) is 8.42 Å². The normalized spacial score (nSPS) is 26.8. The summed E-state index contributed by atoms with van der Waals surface area (Å²) in [5, 5.41) is 3.37. The molecule has 0 saturated carbocycles. The highest BCUT2D eigenvalue weighted by atomic mass is 32.2. The van der Waals surface area contributed by atoms with Crippen LogP contribution in [-0.2, 0) is 10.2 Å². The Labute approximate surface area is 130 Å². The molecule has 0 amide bonds. The van der Waals surface area contributed by atoms with Gasteiger partial charge in [0.25, 0.3) is 10.2 Å². The van der Waals surface area contributed by atoms with Gasteiger partial charge >= 0.3 is 0 Å². The van der Waals surface area contributed by atoms with E-state index in [1.807, 2.05) is 0 Å². The van der Waals surface area contributed by atoms with Crippen molar-refractivity contribution in [2.24, 2.45) is 11.8 Å². The molecule has 2 aliphatic rings. The van der Waals surface area contributed by atoms with Gasteiger partial charge in [-0.1, -0.05) is 20.8 Å². The number of hydrogen-bond donors (Lipinski definition) is 1. The van der Waals surface area contributed by atoms with E-state index in [0.29, 0.717) is 31.5 Å². The molecule has 1 unspecified atom stereocenters. The van der Waals surface area contributed by atoms with Crippen molar-refractivity contribution < 1.29 is 8.42 Å². The second-order valence-electron chi connectivity index (χ2n) is 6.72. The molecule has 6 heteroatoms. The van der Waals surface area contributed by atoms with E-state index in [-0.39, 0.29) is 6.04 Å². The number of rotatable bonds is 6. The average molecular weight is 317 g/mol. The Morgan fingerprint density at radius 1 is 1.14 bits per heavy atom. The molecule has 2 heterocycles. The third-order valence-electron chi connectivity index (χ3n) is 4.90. The first kappa shape index (κ1) is 17.2. The Morgan fingerprint density at radius 3 is 2.38 bits per heavy atom. The van der Waals surface area contributed by atoms with Gasteiger partial charge in [0.1, 0.15) is 0 Å². The SMILES string of the molecule is CCNCC1CCN(S(=O)(=O)N2CCCC2C(C)C)CC1. The fourth-order valence-corrected chi connectivity index (χ4v) is 5.58. The molecular weight excluding hydrogens is 286 g/mol. The van der Waals surface area contributed by atoms with E-state index < -0.39 is 10.2 Å². The van der Waals surface area contributed by atoms with Gasteiger partial charge in [-0.05, 0) is 50.6 Å². The molecule has 0 radical (unpaired) electrons. The molecule has 1 N–H and O–H groups in total. The van der Waals surface area contributed by atoms with Gasteiger partial charge in [0.15, 0.2) is 0 Å². The molecule has 0 aromatic carbocycles. The lowest BCUT2D eigenvalue weighted by Crippen LogP contribution is -2.50. The van der Waals surface area contributed by atoms with Crippen LogP contribution in [0.4, 0.5) is 0 Å². The summed E-state index contributed by atoms with van der Waals surface area (Å²) >= 11 is 0. The fourth-order valence-electron chi connectivity index (χ4n) is 3.56. The Morgan fingerprint density at radius 2 is 1.81 bits per heavy atom. The van der Waals surface area contributed by atoms with E-state index in [1.54, 1.807) is 8.61 Å². The topological polar surface area (TPSA) is 52.7 Å². The summed E-state index contributed by atoms with van der Waals surface area (Å²) in [5.74, 6) is 1.02. The van der Waals surface area contributed by atoms with Crippen LogP contribution in [0.5, 0.6) is 0 Å². The van der Waals surface area contributed by atoms with Crippen LogP contribution in [-0.4, -0.2) is 55.8 Å². The minimum absolute atomic E-state index is 0.189. The largest absolute Gasteiger partial charge is 0.317 e. The summed E-state index contributed by atoms with van der Waals surface area (Å²) in [6.45, 7) is 10.4. The van der Waals surface area contributed by atoms with Crippen LogP contribution in [0, 0.1) is 11.8 Å². The summed E-state index contributed by atoms with van der Waals surface area (Å²) < 4.78 is 29.2. The van der Waals surface area contributed by atoms with Crippen molar-refractivity contribution in [2.45, 2.75) is 52.5 Å². The first-order valence-corrected chi connectivity index (χ1v) is 9.84. The predicted octanol–water partition coefficient (Wildman–Crippen LogP) is 1.67. The van der Waals surface area contributed by atoms with Gasteiger partial charge in [0.2, 0.25) is 0 Å². The quantitative estimate of drug-likeness (QED) is 0.811. The lowest BCUT2D eigenvalue weighted by molar-refractivity contribution is 0.236. The molecule has 1 atom stereocenters. The Balaban J connectivity index is 1.95. The van der Waals surface area contributed by atoms with Crippen LogP contribution >= 0.6 is 0 Å². The lowest BCUT2D eigenvalue weighted by Gasteiger charge is -2.36. The monoisotopic (exact) mass is 317 g/mol. The van der Waals surface area contributed by atoms with Crippen LogP contribution < -0.4 is 5.32 Å². The second-order valence-corrected chi connectivity index (χ2v) is 8.60. The molecule has 0 aromatic heterocycles. The summed E-state index contributed by atoms with van der Waals surface area (Å²) in [6.07, 6.45) is 3.96.